The van der Waals surface area contributed by atoms with Crippen molar-refractivity contribution in [3.8, 4) is 17.0 Å². The number of fused-ring (bicyclic) bond motifs is 1. The average Bonchev–Trinajstić information content (AvgIpc) is 3.20. The number of hydrogen-bond donors (Lipinski definition) is 0. The first-order chi connectivity index (χ1) is 12.9. The molecule has 2 aromatic heterocycles. The topological polar surface area (TPSA) is 26.5 Å². The summed E-state index contributed by atoms with van der Waals surface area (Å²) in [6, 6.07) is 13.0. The molecular formula is C20H15F3N2OS. The number of methoxy groups -OCH3 is 1. The van der Waals surface area contributed by atoms with Crippen LogP contribution in [0.1, 0.15) is 16.0 Å². The van der Waals surface area contributed by atoms with Crippen LogP contribution in [0.15, 0.2) is 60.9 Å². The maximum Gasteiger partial charge on any atom is 0.416 e. The van der Waals surface area contributed by atoms with Crippen LogP contribution in [0.25, 0.3) is 16.2 Å². The predicted molar refractivity (Wildman–Crippen MR) is 99.3 cm³/mol. The number of halogens is 3. The molecule has 0 unspecified atom stereocenters. The van der Waals surface area contributed by atoms with Gasteiger partial charge in [0.25, 0.3) is 0 Å². The number of alkyl halides is 3. The minimum atomic E-state index is -4.31. The number of nitrogens with zero attached hydrogens (tertiary/aromatic N) is 2. The van der Waals surface area contributed by atoms with Gasteiger partial charge in [-0.1, -0.05) is 12.1 Å². The molecule has 0 N–H and O–H groups in total. The van der Waals surface area contributed by atoms with E-state index in [4.69, 9.17) is 4.74 Å². The van der Waals surface area contributed by atoms with Gasteiger partial charge in [0.1, 0.15) is 5.75 Å². The van der Waals surface area contributed by atoms with Gasteiger partial charge >= 0.3 is 6.18 Å². The molecule has 7 heteroatoms. The van der Waals surface area contributed by atoms with E-state index < -0.39 is 11.7 Å². The van der Waals surface area contributed by atoms with E-state index in [1.165, 1.54) is 23.5 Å². The van der Waals surface area contributed by atoms with Crippen LogP contribution in [0, 0.1) is 0 Å². The van der Waals surface area contributed by atoms with Gasteiger partial charge in [-0.25, -0.2) is 4.98 Å². The molecule has 0 amide bonds. The van der Waals surface area contributed by atoms with E-state index in [-0.39, 0.29) is 0 Å². The molecule has 138 valence electrons. The second kappa shape index (κ2) is 6.74. The molecule has 2 aromatic carbocycles. The maximum atomic E-state index is 12.6. The summed E-state index contributed by atoms with van der Waals surface area (Å²) in [6.45, 7) is 0. The third-order valence-corrected chi connectivity index (χ3v) is 5.25. The standard InChI is InChI=1S/C20H15F3N2OS/c1-26-16-8-4-14(5-9-16)18-12-25-11-17(27-19(25)24-18)10-13-2-6-15(7-3-13)20(21,22)23/h2-9,11-12H,10H2,1H3. The highest BCUT2D eigenvalue weighted by Gasteiger charge is 2.29. The smallest absolute Gasteiger partial charge is 0.416 e. The van der Waals surface area contributed by atoms with Gasteiger partial charge in [0.15, 0.2) is 4.96 Å². The summed E-state index contributed by atoms with van der Waals surface area (Å²) >= 11 is 1.53. The second-order valence-electron chi connectivity index (χ2n) is 6.11. The molecule has 4 aromatic rings. The SMILES string of the molecule is COc1ccc(-c2cn3cc(Cc4ccc(C(F)(F)F)cc4)sc3n2)cc1. The zero-order valence-electron chi connectivity index (χ0n) is 14.3. The first kappa shape index (κ1) is 17.6. The van der Waals surface area contributed by atoms with Crippen molar-refractivity contribution in [2.75, 3.05) is 7.11 Å². The highest BCUT2D eigenvalue weighted by molar-refractivity contribution is 7.17. The molecule has 0 aliphatic carbocycles. The van der Waals surface area contributed by atoms with Crippen LogP contribution in [-0.2, 0) is 12.6 Å². The first-order valence-electron chi connectivity index (χ1n) is 8.20. The minimum absolute atomic E-state index is 0.573. The van der Waals surface area contributed by atoms with E-state index in [0.717, 1.165) is 44.5 Å². The molecule has 0 radical (unpaired) electrons. The zero-order valence-corrected chi connectivity index (χ0v) is 15.1. The average molecular weight is 388 g/mol. The molecule has 0 saturated heterocycles. The summed E-state index contributed by atoms with van der Waals surface area (Å²) in [5.41, 5.74) is 2.07. The second-order valence-corrected chi connectivity index (χ2v) is 7.21. The van der Waals surface area contributed by atoms with Gasteiger partial charge in [-0.3, -0.25) is 4.40 Å². The van der Waals surface area contributed by atoms with Crippen LogP contribution in [0.4, 0.5) is 13.2 Å². The third kappa shape index (κ3) is 3.68. The van der Waals surface area contributed by atoms with Crippen LogP contribution in [0.5, 0.6) is 5.75 Å². The van der Waals surface area contributed by atoms with E-state index >= 15 is 0 Å². The Morgan fingerprint density at radius 3 is 2.30 bits per heavy atom. The lowest BCUT2D eigenvalue weighted by Gasteiger charge is -2.06. The zero-order chi connectivity index (χ0) is 19.0. The molecule has 0 saturated carbocycles. The van der Waals surface area contributed by atoms with Crippen molar-refractivity contribution >= 4 is 16.3 Å². The van der Waals surface area contributed by atoms with E-state index in [9.17, 15) is 13.2 Å². The molecule has 0 aliphatic heterocycles. The molecule has 27 heavy (non-hydrogen) atoms. The molecule has 0 atom stereocenters. The molecule has 4 rings (SSSR count). The quantitative estimate of drug-likeness (QED) is 0.450. The fourth-order valence-electron chi connectivity index (χ4n) is 2.84. The van der Waals surface area contributed by atoms with Crippen LogP contribution < -0.4 is 4.74 Å². The Hall–Kier alpha value is -2.80. The van der Waals surface area contributed by atoms with Crippen molar-refractivity contribution in [3.05, 3.63) is 76.9 Å². The van der Waals surface area contributed by atoms with Gasteiger partial charge in [0.2, 0.25) is 0 Å². The molecular weight excluding hydrogens is 373 g/mol. The Bertz CT molecular complexity index is 1030. The van der Waals surface area contributed by atoms with E-state index in [1.54, 1.807) is 7.11 Å². The highest BCUT2D eigenvalue weighted by atomic mass is 32.1. The lowest BCUT2D eigenvalue weighted by Crippen LogP contribution is -2.04. The Kier molecular flexibility index (Phi) is 4.39. The predicted octanol–water partition coefficient (Wildman–Crippen LogP) is 5.68. The molecule has 2 heterocycles. The summed E-state index contributed by atoms with van der Waals surface area (Å²) in [6.07, 6.45) is 0.186. The van der Waals surface area contributed by atoms with Crippen LogP contribution in [0.3, 0.4) is 0 Å². The van der Waals surface area contributed by atoms with Crippen LogP contribution in [0.2, 0.25) is 0 Å². The lowest BCUT2D eigenvalue weighted by atomic mass is 10.1. The summed E-state index contributed by atoms with van der Waals surface area (Å²) in [7, 11) is 1.62. The van der Waals surface area contributed by atoms with Crippen molar-refractivity contribution in [3.63, 3.8) is 0 Å². The fraction of sp³-hybridized carbons (Fsp3) is 0.150. The number of rotatable bonds is 4. The summed E-state index contributed by atoms with van der Waals surface area (Å²) in [5.74, 6) is 0.790. The van der Waals surface area contributed by atoms with Crippen molar-refractivity contribution in [2.24, 2.45) is 0 Å². The monoisotopic (exact) mass is 388 g/mol. The normalized spacial score (nSPS) is 11.9. The molecule has 0 bridgehead atoms. The third-order valence-electron chi connectivity index (χ3n) is 4.25. The van der Waals surface area contributed by atoms with E-state index in [0.29, 0.717) is 6.42 Å². The van der Waals surface area contributed by atoms with Gasteiger partial charge in [-0.15, -0.1) is 11.3 Å². The highest BCUT2D eigenvalue weighted by Crippen LogP contribution is 2.30. The van der Waals surface area contributed by atoms with Gasteiger partial charge in [0, 0.05) is 29.3 Å². The van der Waals surface area contributed by atoms with Gasteiger partial charge in [-0.2, -0.15) is 13.2 Å². The number of benzene rings is 2. The number of hydrogen-bond acceptors (Lipinski definition) is 3. The molecule has 0 aliphatic rings. The number of imidazole rings is 1. The van der Waals surface area contributed by atoms with Crippen LogP contribution in [-0.4, -0.2) is 16.5 Å². The lowest BCUT2D eigenvalue weighted by molar-refractivity contribution is -0.137. The van der Waals surface area contributed by atoms with Crippen molar-refractivity contribution in [1.82, 2.24) is 9.38 Å². The van der Waals surface area contributed by atoms with Crippen LogP contribution >= 0.6 is 11.3 Å². The minimum Gasteiger partial charge on any atom is -0.497 e. The van der Waals surface area contributed by atoms with Crippen molar-refractivity contribution < 1.29 is 17.9 Å². The largest absolute Gasteiger partial charge is 0.497 e. The first-order valence-corrected chi connectivity index (χ1v) is 9.02. The fourth-order valence-corrected chi connectivity index (χ4v) is 3.83. The number of aromatic nitrogens is 2. The van der Waals surface area contributed by atoms with E-state index in [1.807, 2.05) is 41.1 Å². The Morgan fingerprint density at radius 2 is 1.70 bits per heavy atom. The summed E-state index contributed by atoms with van der Waals surface area (Å²) < 4.78 is 45.1. The summed E-state index contributed by atoms with van der Waals surface area (Å²) in [5, 5.41) is 0. The molecule has 0 fully saturated rings. The number of ether oxygens (including phenoxy) is 1. The Morgan fingerprint density at radius 1 is 1.00 bits per heavy atom. The Balaban J connectivity index is 1.53. The van der Waals surface area contributed by atoms with Gasteiger partial charge < -0.3 is 4.74 Å². The number of thiazole rings is 1. The Labute approximate surface area is 157 Å². The molecule has 0 spiro atoms. The maximum absolute atomic E-state index is 12.6. The summed E-state index contributed by atoms with van der Waals surface area (Å²) in [4.78, 5) is 6.53. The van der Waals surface area contributed by atoms with E-state index in [2.05, 4.69) is 4.98 Å². The van der Waals surface area contributed by atoms with Crippen molar-refractivity contribution in [2.45, 2.75) is 12.6 Å². The van der Waals surface area contributed by atoms with Crippen molar-refractivity contribution in [1.29, 1.82) is 0 Å². The van der Waals surface area contributed by atoms with Gasteiger partial charge in [0.05, 0.1) is 18.4 Å². The molecule has 3 nitrogen and oxygen atoms in total. The van der Waals surface area contributed by atoms with Gasteiger partial charge in [-0.05, 0) is 42.0 Å².